The van der Waals surface area contributed by atoms with Crippen LogP contribution in [0.5, 0.6) is 0 Å². The number of oxazole rings is 1. The quantitative estimate of drug-likeness (QED) is 0.837. The number of benzene rings is 1. The van der Waals surface area contributed by atoms with Crippen LogP contribution in [0.25, 0.3) is 11.1 Å². The molecular formula is C13H16N2O. The molecule has 0 radical (unpaired) electrons. The van der Waals surface area contributed by atoms with E-state index in [4.69, 9.17) is 4.42 Å². The molecule has 0 atom stereocenters. The van der Waals surface area contributed by atoms with Crippen molar-refractivity contribution in [2.75, 3.05) is 13.1 Å². The standard InChI is InChI=1S/C13H16N2O/c1-2-4-12-11(3-1)15-13(16-12)9-10-5-7-14-8-6-10/h1-4,10,14H,5-9H2. The lowest BCUT2D eigenvalue weighted by Gasteiger charge is -2.20. The Kier molecular flexibility index (Phi) is 2.62. The van der Waals surface area contributed by atoms with Crippen LogP contribution in [0.15, 0.2) is 28.7 Å². The molecule has 1 aromatic heterocycles. The lowest BCUT2D eigenvalue weighted by molar-refractivity contribution is 0.346. The smallest absolute Gasteiger partial charge is 0.195 e. The Morgan fingerprint density at radius 1 is 1.25 bits per heavy atom. The second-order valence-electron chi connectivity index (χ2n) is 4.47. The van der Waals surface area contributed by atoms with Crippen LogP contribution in [0.2, 0.25) is 0 Å². The monoisotopic (exact) mass is 216 g/mol. The van der Waals surface area contributed by atoms with E-state index >= 15 is 0 Å². The average molecular weight is 216 g/mol. The van der Waals surface area contributed by atoms with Gasteiger partial charge in [0.25, 0.3) is 0 Å². The molecule has 0 aliphatic carbocycles. The van der Waals surface area contributed by atoms with Crippen LogP contribution in [0.1, 0.15) is 18.7 Å². The molecule has 1 fully saturated rings. The fourth-order valence-electron chi connectivity index (χ4n) is 2.34. The van der Waals surface area contributed by atoms with Gasteiger partial charge in [0, 0.05) is 6.42 Å². The highest BCUT2D eigenvalue weighted by Crippen LogP contribution is 2.21. The zero-order chi connectivity index (χ0) is 10.8. The Bertz CT molecular complexity index is 438. The van der Waals surface area contributed by atoms with Crippen LogP contribution in [0.3, 0.4) is 0 Å². The van der Waals surface area contributed by atoms with Crippen molar-refractivity contribution >= 4 is 11.1 Å². The van der Waals surface area contributed by atoms with Crippen molar-refractivity contribution in [2.45, 2.75) is 19.3 Å². The lowest BCUT2D eigenvalue weighted by atomic mass is 9.95. The molecule has 2 heterocycles. The fourth-order valence-corrected chi connectivity index (χ4v) is 2.34. The Hall–Kier alpha value is -1.35. The van der Waals surface area contributed by atoms with Crippen LogP contribution in [-0.4, -0.2) is 18.1 Å². The van der Waals surface area contributed by atoms with Crippen LogP contribution in [-0.2, 0) is 6.42 Å². The second-order valence-corrected chi connectivity index (χ2v) is 4.47. The number of piperidine rings is 1. The zero-order valence-corrected chi connectivity index (χ0v) is 9.28. The summed E-state index contributed by atoms with van der Waals surface area (Å²) in [5, 5.41) is 3.38. The van der Waals surface area contributed by atoms with Crippen molar-refractivity contribution in [3.63, 3.8) is 0 Å². The van der Waals surface area contributed by atoms with E-state index in [0.29, 0.717) is 0 Å². The van der Waals surface area contributed by atoms with E-state index in [2.05, 4.69) is 10.3 Å². The maximum atomic E-state index is 5.74. The molecule has 3 rings (SSSR count). The molecule has 3 heteroatoms. The van der Waals surface area contributed by atoms with Gasteiger partial charge in [-0.1, -0.05) is 12.1 Å². The summed E-state index contributed by atoms with van der Waals surface area (Å²) in [6, 6.07) is 7.97. The summed E-state index contributed by atoms with van der Waals surface area (Å²) in [7, 11) is 0. The van der Waals surface area contributed by atoms with Crippen molar-refractivity contribution in [3.8, 4) is 0 Å². The number of para-hydroxylation sites is 2. The summed E-state index contributed by atoms with van der Waals surface area (Å²) in [5.41, 5.74) is 1.89. The number of hydrogen-bond donors (Lipinski definition) is 1. The molecule has 0 saturated carbocycles. The zero-order valence-electron chi connectivity index (χ0n) is 9.28. The van der Waals surface area contributed by atoms with E-state index in [-0.39, 0.29) is 0 Å². The minimum absolute atomic E-state index is 0.731. The van der Waals surface area contributed by atoms with Gasteiger partial charge in [0.2, 0.25) is 0 Å². The van der Waals surface area contributed by atoms with Gasteiger partial charge >= 0.3 is 0 Å². The molecule has 1 aliphatic rings. The van der Waals surface area contributed by atoms with Crippen LogP contribution in [0, 0.1) is 5.92 Å². The van der Waals surface area contributed by atoms with E-state index in [1.807, 2.05) is 24.3 Å². The average Bonchev–Trinajstić information content (AvgIpc) is 2.72. The van der Waals surface area contributed by atoms with Gasteiger partial charge in [0.05, 0.1) is 0 Å². The molecule has 0 spiro atoms. The number of nitrogens with one attached hydrogen (secondary N) is 1. The van der Waals surface area contributed by atoms with Gasteiger partial charge in [-0.2, -0.15) is 0 Å². The first-order valence-corrected chi connectivity index (χ1v) is 5.97. The van der Waals surface area contributed by atoms with Crippen molar-refractivity contribution < 1.29 is 4.42 Å². The molecule has 1 aliphatic heterocycles. The minimum Gasteiger partial charge on any atom is -0.441 e. The van der Waals surface area contributed by atoms with Crippen LogP contribution >= 0.6 is 0 Å². The van der Waals surface area contributed by atoms with Gasteiger partial charge in [-0.25, -0.2) is 4.98 Å². The van der Waals surface area contributed by atoms with E-state index in [1.165, 1.54) is 12.8 Å². The third-order valence-electron chi connectivity index (χ3n) is 3.26. The number of fused-ring (bicyclic) bond motifs is 1. The SMILES string of the molecule is c1ccc2oc(CC3CCNCC3)nc2c1. The van der Waals surface area contributed by atoms with Crippen LogP contribution in [0.4, 0.5) is 0 Å². The van der Waals surface area contributed by atoms with Gasteiger partial charge in [-0.3, -0.25) is 0 Å². The highest BCUT2D eigenvalue weighted by Gasteiger charge is 2.16. The van der Waals surface area contributed by atoms with Gasteiger partial charge in [0.15, 0.2) is 11.5 Å². The molecule has 84 valence electrons. The normalized spacial score (nSPS) is 18.0. The number of aromatic nitrogens is 1. The molecule has 0 amide bonds. The summed E-state index contributed by atoms with van der Waals surface area (Å²) in [6.07, 6.45) is 3.45. The summed E-state index contributed by atoms with van der Waals surface area (Å²) in [6.45, 7) is 2.26. The number of nitrogens with zero attached hydrogens (tertiary/aromatic N) is 1. The van der Waals surface area contributed by atoms with Gasteiger partial charge in [-0.05, 0) is 44.0 Å². The first-order chi connectivity index (χ1) is 7.92. The van der Waals surface area contributed by atoms with Crippen molar-refractivity contribution in [2.24, 2.45) is 5.92 Å². The van der Waals surface area contributed by atoms with E-state index in [1.54, 1.807) is 0 Å². The third-order valence-corrected chi connectivity index (χ3v) is 3.26. The summed E-state index contributed by atoms with van der Waals surface area (Å²) in [5.74, 6) is 1.63. The van der Waals surface area contributed by atoms with E-state index in [9.17, 15) is 0 Å². The first kappa shape index (κ1) is 9.85. The molecule has 1 N–H and O–H groups in total. The summed E-state index contributed by atoms with van der Waals surface area (Å²) < 4.78 is 5.74. The van der Waals surface area contributed by atoms with E-state index < -0.39 is 0 Å². The first-order valence-electron chi connectivity index (χ1n) is 5.97. The van der Waals surface area contributed by atoms with E-state index in [0.717, 1.165) is 42.4 Å². The Labute approximate surface area is 94.9 Å². The molecule has 0 unspecified atom stereocenters. The van der Waals surface area contributed by atoms with Gasteiger partial charge < -0.3 is 9.73 Å². The van der Waals surface area contributed by atoms with Crippen molar-refractivity contribution in [1.82, 2.24) is 10.3 Å². The van der Waals surface area contributed by atoms with Gasteiger partial charge in [-0.15, -0.1) is 0 Å². The van der Waals surface area contributed by atoms with Crippen molar-refractivity contribution in [1.29, 1.82) is 0 Å². The summed E-state index contributed by atoms with van der Waals surface area (Å²) in [4.78, 5) is 4.52. The molecule has 1 saturated heterocycles. The predicted octanol–water partition coefficient (Wildman–Crippen LogP) is 2.37. The molecule has 3 nitrogen and oxygen atoms in total. The highest BCUT2D eigenvalue weighted by atomic mass is 16.3. The van der Waals surface area contributed by atoms with Crippen LogP contribution < -0.4 is 5.32 Å². The second kappa shape index (κ2) is 4.26. The third kappa shape index (κ3) is 1.95. The number of hydrogen-bond acceptors (Lipinski definition) is 3. The minimum atomic E-state index is 0.731. The Balaban J connectivity index is 1.78. The predicted molar refractivity (Wildman–Crippen MR) is 63.3 cm³/mol. The molecule has 0 bridgehead atoms. The maximum absolute atomic E-state index is 5.74. The fraction of sp³-hybridized carbons (Fsp3) is 0.462. The molecular weight excluding hydrogens is 200 g/mol. The molecule has 1 aromatic carbocycles. The molecule has 16 heavy (non-hydrogen) atoms. The van der Waals surface area contributed by atoms with Gasteiger partial charge in [0.1, 0.15) is 5.52 Å². The van der Waals surface area contributed by atoms with Crippen molar-refractivity contribution in [3.05, 3.63) is 30.2 Å². The Morgan fingerprint density at radius 3 is 2.88 bits per heavy atom. The Morgan fingerprint density at radius 2 is 2.06 bits per heavy atom. The summed E-state index contributed by atoms with van der Waals surface area (Å²) >= 11 is 0. The highest BCUT2D eigenvalue weighted by molar-refractivity contribution is 5.72. The lowest BCUT2D eigenvalue weighted by Crippen LogP contribution is -2.28. The topological polar surface area (TPSA) is 38.1 Å². The maximum Gasteiger partial charge on any atom is 0.195 e. The largest absolute Gasteiger partial charge is 0.441 e. The number of rotatable bonds is 2. The molecule has 2 aromatic rings.